The Labute approximate surface area is 144 Å². The maximum atomic E-state index is 12.9. The number of carbonyl (C=O) groups is 1. The van der Waals surface area contributed by atoms with E-state index in [-0.39, 0.29) is 11.9 Å². The van der Waals surface area contributed by atoms with Crippen LogP contribution in [0.3, 0.4) is 0 Å². The highest BCUT2D eigenvalue weighted by Gasteiger charge is 2.32. The molecule has 3 rings (SSSR count). The van der Waals surface area contributed by atoms with E-state index in [4.69, 9.17) is 0 Å². The van der Waals surface area contributed by atoms with Crippen molar-refractivity contribution in [2.24, 2.45) is 0 Å². The topological polar surface area (TPSA) is 23.6 Å². The van der Waals surface area contributed by atoms with E-state index in [1.165, 1.54) is 22.3 Å². The Bertz CT molecular complexity index is 753. The van der Waals surface area contributed by atoms with Crippen LogP contribution < -0.4 is 4.90 Å². The second-order valence-corrected chi connectivity index (χ2v) is 6.92. The van der Waals surface area contributed by atoms with E-state index in [9.17, 15) is 4.79 Å². The molecule has 2 aromatic rings. The Morgan fingerprint density at radius 3 is 2.46 bits per heavy atom. The van der Waals surface area contributed by atoms with Crippen LogP contribution in [-0.2, 0) is 11.3 Å². The van der Waals surface area contributed by atoms with Gasteiger partial charge in [0, 0.05) is 25.3 Å². The van der Waals surface area contributed by atoms with Gasteiger partial charge in [-0.25, -0.2) is 0 Å². The van der Waals surface area contributed by atoms with E-state index in [1.807, 2.05) is 11.8 Å². The van der Waals surface area contributed by atoms with E-state index in [2.05, 4.69) is 68.1 Å². The molecule has 126 valence electrons. The molecule has 3 heteroatoms. The first-order valence-corrected chi connectivity index (χ1v) is 8.64. The van der Waals surface area contributed by atoms with Crippen molar-refractivity contribution in [3.8, 4) is 0 Å². The van der Waals surface area contributed by atoms with Crippen molar-refractivity contribution in [3.05, 3.63) is 64.7 Å². The maximum Gasteiger partial charge on any atom is 0.244 e. The van der Waals surface area contributed by atoms with E-state index in [1.54, 1.807) is 0 Å². The summed E-state index contributed by atoms with van der Waals surface area (Å²) in [6.07, 6.45) is 0. The number of rotatable bonds is 3. The Morgan fingerprint density at radius 1 is 1.00 bits per heavy atom. The molecule has 0 aromatic heterocycles. The van der Waals surface area contributed by atoms with Crippen molar-refractivity contribution in [1.29, 1.82) is 0 Å². The molecular formula is C21H26N2O. The highest BCUT2D eigenvalue weighted by molar-refractivity contribution is 5.98. The van der Waals surface area contributed by atoms with Gasteiger partial charge in [-0.2, -0.15) is 0 Å². The minimum Gasteiger partial charge on any atom is -0.310 e. The zero-order valence-corrected chi connectivity index (χ0v) is 15.0. The zero-order valence-electron chi connectivity index (χ0n) is 15.0. The molecule has 3 nitrogen and oxygen atoms in total. The summed E-state index contributed by atoms with van der Waals surface area (Å²) in [5, 5.41) is 0. The lowest BCUT2D eigenvalue weighted by Gasteiger charge is -2.39. The minimum atomic E-state index is -0.0973. The molecule has 1 saturated heterocycles. The summed E-state index contributed by atoms with van der Waals surface area (Å²) >= 11 is 0. The second-order valence-electron chi connectivity index (χ2n) is 6.92. The highest BCUT2D eigenvalue weighted by Crippen LogP contribution is 2.25. The largest absolute Gasteiger partial charge is 0.310 e. The van der Waals surface area contributed by atoms with Crippen LogP contribution in [0.25, 0.3) is 0 Å². The van der Waals surface area contributed by atoms with Crippen LogP contribution in [0.4, 0.5) is 5.69 Å². The fourth-order valence-corrected chi connectivity index (χ4v) is 3.52. The van der Waals surface area contributed by atoms with Crippen LogP contribution in [0.2, 0.25) is 0 Å². The molecule has 24 heavy (non-hydrogen) atoms. The summed E-state index contributed by atoms with van der Waals surface area (Å²) in [5.41, 5.74) is 5.99. The molecule has 1 amide bonds. The Morgan fingerprint density at radius 2 is 1.75 bits per heavy atom. The van der Waals surface area contributed by atoms with Gasteiger partial charge in [0.1, 0.15) is 0 Å². The molecule has 2 aromatic carbocycles. The summed E-state index contributed by atoms with van der Waals surface area (Å²) in [4.78, 5) is 17.1. The molecular weight excluding hydrogens is 296 g/mol. The van der Waals surface area contributed by atoms with Crippen molar-refractivity contribution in [2.45, 2.75) is 40.3 Å². The monoisotopic (exact) mass is 322 g/mol. The average Bonchev–Trinajstić information content (AvgIpc) is 2.53. The minimum absolute atomic E-state index is 0.0973. The quantitative estimate of drug-likeness (QED) is 0.857. The predicted octanol–water partition coefficient (Wildman–Crippen LogP) is 3.85. The summed E-state index contributed by atoms with van der Waals surface area (Å²) < 4.78 is 0. The highest BCUT2D eigenvalue weighted by atomic mass is 16.2. The zero-order chi connectivity index (χ0) is 17.3. The third kappa shape index (κ3) is 3.36. The van der Waals surface area contributed by atoms with Crippen LogP contribution in [0.15, 0.2) is 42.5 Å². The van der Waals surface area contributed by atoms with E-state index in [0.29, 0.717) is 0 Å². The van der Waals surface area contributed by atoms with Gasteiger partial charge in [0.25, 0.3) is 0 Å². The molecule has 1 atom stereocenters. The molecule has 0 aliphatic carbocycles. The van der Waals surface area contributed by atoms with Crippen molar-refractivity contribution in [1.82, 2.24) is 4.90 Å². The van der Waals surface area contributed by atoms with Crippen LogP contribution in [0, 0.1) is 20.8 Å². The average molecular weight is 322 g/mol. The number of anilines is 1. The number of hydrogen-bond donors (Lipinski definition) is 0. The molecule has 1 heterocycles. The summed E-state index contributed by atoms with van der Waals surface area (Å²) in [6.45, 7) is 10.8. The van der Waals surface area contributed by atoms with E-state index in [0.717, 1.165) is 25.3 Å². The SMILES string of the molecule is Cc1cccc(CN2CCN(c3ccc(C)cc3C)C(=O)[C@@H]2C)c1. The number of benzene rings is 2. The number of amides is 1. The number of aryl methyl sites for hydroxylation is 3. The molecule has 0 saturated carbocycles. The van der Waals surface area contributed by atoms with Crippen LogP contribution in [0.5, 0.6) is 0 Å². The Balaban J connectivity index is 1.76. The van der Waals surface area contributed by atoms with Gasteiger partial charge in [-0.1, -0.05) is 47.5 Å². The lowest BCUT2D eigenvalue weighted by atomic mass is 10.1. The summed E-state index contributed by atoms with van der Waals surface area (Å²) in [5.74, 6) is 0.195. The van der Waals surface area contributed by atoms with E-state index >= 15 is 0 Å². The third-order valence-electron chi connectivity index (χ3n) is 4.89. The lowest BCUT2D eigenvalue weighted by molar-refractivity contribution is -0.125. The van der Waals surface area contributed by atoms with Crippen molar-refractivity contribution < 1.29 is 4.79 Å². The van der Waals surface area contributed by atoms with Gasteiger partial charge in [-0.15, -0.1) is 0 Å². The smallest absolute Gasteiger partial charge is 0.244 e. The molecule has 0 radical (unpaired) electrons. The van der Waals surface area contributed by atoms with Gasteiger partial charge < -0.3 is 4.90 Å². The van der Waals surface area contributed by atoms with Crippen LogP contribution in [-0.4, -0.2) is 29.9 Å². The molecule has 1 fully saturated rings. The van der Waals surface area contributed by atoms with Gasteiger partial charge in [0.15, 0.2) is 0 Å². The molecule has 0 N–H and O–H groups in total. The molecule has 0 spiro atoms. The third-order valence-corrected chi connectivity index (χ3v) is 4.89. The number of carbonyl (C=O) groups excluding carboxylic acids is 1. The van der Waals surface area contributed by atoms with Gasteiger partial charge in [0.2, 0.25) is 5.91 Å². The standard InChI is InChI=1S/C21H26N2O/c1-15-6-5-7-19(13-15)14-22-10-11-23(21(24)18(22)4)20-9-8-16(2)12-17(20)3/h5-9,12-13,18H,10-11,14H2,1-4H3/t18-/m0/s1. The summed E-state index contributed by atoms with van der Waals surface area (Å²) in [6, 6.07) is 14.7. The van der Waals surface area contributed by atoms with Crippen molar-refractivity contribution >= 4 is 11.6 Å². The second kappa shape index (κ2) is 6.78. The van der Waals surface area contributed by atoms with Gasteiger partial charge in [-0.05, 0) is 44.9 Å². The van der Waals surface area contributed by atoms with Gasteiger partial charge in [-0.3, -0.25) is 9.69 Å². The number of hydrogen-bond acceptors (Lipinski definition) is 2. The van der Waals surface area contributed by atoms with Crippen LogP contribution in [0.1, 0.15) is 29.2 Å². The molecule has 1 aliphatic rings. The Kier molecular flexibility index (Phi) is 4.72. The molecule has 1 aliphatic heterocycles. The van der Waals surface area contributed by atoms with Gasteiger partial charge >= 0.3 is 0 Å². The van der Waals surface area contributed by atoms with Crippen molar-refractivity contribution in [2.75, 3.05) is 18.0 Å². The van der Waals surface area contributed by atoms with Gasteiger partial charge in [0.05, 0.1) is 6.04 Å². The predicted molar refractivity (Wildman–Crippen MR) is 99.3 cm³/mol. The molecule has 0 unspecified atom stereocenters. The Hall–Kier alpha value is -2.13. The molecule has 0 bridgehead atoms. The fraction of sp³-hybridized carbons (Fsp3) is 0.381. The first kappa shape index (κ1) is 16.7. The van der Waals surface area contributed by atoms with Crippen LogP contribution >= 0.6 is 0 Å². The fourth-order valence-electron chi connectivity index (χ4n) is 3.52. The van der Waals surface area contributed by atoms with E-state index < -0.39 is 0 Å². The maximum absolute atomic E-state index is 12.9. The first-order valence-electron chi connectivity index (χ1n) is 8.64. The summed E-state index contributed by atoms with van der Waals surface area (Å²) in [7, 11) is 0. The number of nitrogens with zero attached hydrogens (tertiary/aromatic N) is 2. The number of piperazine rings is 1. The van der Waals surface area contributed by atoms with Crippen molar-refractivity contribution in [3.63, 3.8) is 0 Å². The normalized spacial score (nSPS) is 18.9. The lowest BCUT2D eigenvalue weighted by Crippen LogP contribution is -2.55. The first-order chi connectivity index (χ1) is 11.5.